The summed E-state index contributed by atoms with van der Waals surface area (Å²) in [5.74, 6) is 0.595. The Kier molecular flexibility index (Phi) is 5.01. The Labute approximate surface area is 106 Å². The molecular formula is C15H26N2. The van der Waals surface area contributed by atoms with Crippen molar-refractivity contribution in [3.8, 4) is 0 Å². The van der Waals surface area contributed by atoms with E-state index in [4.69, 9.17) is 5.73 Å². The highest BCUT2D eigenvalue weighted by molar-refractivity contribution is 5.45. The minimum absolute atomic E-state index is 0.255. The Hall–Kier alpha value is -1.02. The molecule has 3 N–H and O–H groups in total. The molecule has 0 fully saturated rings. The van der Waals surface area contributed by atoms with E-state index in [2.05, 4.69) is 57.3 Å². The normalized spacial score (nSPS) is 11.9. The molecular weight excluding hydrogens is 208 g/mol. The summed E-state index contributed by atoms with van der Waals surface area (Å²) < 4.78 is 0. The zero-order valence-electron chi connectivity index (χ0n) is 11.6. The van der Waals surface area contributed by atoms with Crippen LogP contribution in [0.1, 0.15) is 45.6 Å². The van der Waals surface area contributed by atoms with Crippen LogP contribution in [0.25, 0.3) is 0 Å². The first kappa shape index (κ1) is 14.0. The number of hydrogen-bond donors (Lipinski definition) is 2. The second kappa shape index (κ2) is 6.06. The lowest BCUT2D eigenvalue weighted by Gasteiger charge is -2.24. The molecule has 0 heterocycles. The molecule has 1 aromatic rings. The lowest BCUT2D eigenvalue weighted by Crippen LogP contribution is -2.26. The maximum Gasteiger partial charge on any atom is 0.0340 e. The molecule has 0 radical (unpaired) electrons. The molecule has 0 saturated carbocycles. The summed E-state index contributed by atoms with van der Waals surface area (Å²) in [6, 6.07) is 8.72. The van der Waals surface area contributed by atoms with Gasteiger partial charge >= 0.3 is 0 Å². The first-order chi connectivity index (χ1) is 7.94. The standard InChI is InChI=1S/C15H26N2/c1-12(2)13-5-7-14(8-6-13)17-11-15(3,4)9-10-16/h5-8,12,17H,9-11,16H2,1-4H3. The number of benzene rings is 1. The van der Waals surface area contributed by atoms with E-state index in [0.717, 1.165) is 19.5 Å². The predicted octanol–water partition coefficient (Wildman–Crippen LogP) is 3.60. The van der Waals surface area contributed by atoms with Crippen molar-refractivity contribution in [2.24, 2.45) is 11.1 Å². The van der Waals surface area contributed by atoms with Gasteiger partial charge < -0.3 is 11.1 Å². The molecule has 17 heavy (non-hydrogen) atoms. The van der Waals surface area contributed by atoms with Gasteiger partial charge in [-0.25, -0.2) is 0 Å². The van der Waals surface area contributed by atoms with E-state index in [1.165, 1.54) is 11.3 Å². The van der Waals surface area contributed by atoms with E-state index in [1.807, 2.05) is 0 Å². The van der Waals surface area contributed by atoms with Crippen molar-refractivity contribution in [2.75, 3.05) is 18.4 Å². The molecule has 1 aromatic carbocycles. The highest BCUT2D eigenvalue weighted by Gasteiger charge is 2.16. The van der Waals surface area contributed by atoms with Crippen LogP contribution in [0.15, 0.2) is 24.3 Å². The summed E-state index contributed by atoms with van der Waals surface area (Å²) in [6.07, 6.45) is 1.05. The molecule has 2 heteroatoms. The van der Waals surface area contributed by atoms with Crippen LogP contribution in [0, 0.1) is 5.41 Å². The third-order valence-electron chi connectivity index (χ3n) is 3.17. The van der Waals surface area contributed by atoms with Crippen molar-refractivity contribution in [1.29, 1.82) is 0 Å². The highest BCUT2D eigenvalue weighted by atomic mass is 14.9. The van der Waals surface area contributed by atoms with Gasteiger partial charge in [0.15, 0.2) is 0 Å². The van der Waals surface area contributed by atoms with Gasteiger partial charge in [-0.2, -0.15) is 0 Å². The molecule has 0 aliphatic carbocycles. The molecule has 0 atom stereocenters. The van der Waals surface area contributed by atoms with E-state index in [-0.39, 0.29) is 5.41 Å². The maximum absolute atomic E-state index is 5.61. The minimum Gasteiger partial charge on any atom is -0.385 e. The molecule has 2 nitrogen and oxygen atoms in total. The van der Waals surface area contributed by atoms with E-state index in [0.29, 0.717) is 5.92 Å². The Morgan fingerprint density at radius 2 is 1.76 bits per heavy atom. The second-order valence-corrected chi connectivity index (χ2v) is 5.83. The number of nitrogens with two attached hydrogens (primary N) is 1. The Morgan fingerprint density at radius 1 is 1.18 bits per heavy atom. The monoisotopic (exact) mass is 234 g/mol. The molecule has 0 aliphatic heterocycles. The fourth-order valence-electron chi connectivity index (χ4n) is 1.81. The number of rotatable bonds is 6. The van der Waals surface area contributed by atoms with Gasteiger partial charge in [-0.3, -0.25) is 0 Å². The molecule has 0 unspecified atom stereocenters. The predicted molar refractivity (Wildman–Crippen MR) is 76.5 cm³/mol. The van der Waals surface area contributed by atoms with Crippen LogP contribution >= 0.6 is 0 Å². The number of anilines is 1. The van der Waals surface area contributed by atoms with Crippen LogP contribution in [0.4, 0.5) is 5.69 Å². The van der Waals surface area contributed by atoms with Gasteiger partial charge in [0.1, 0.15) is 0 Å². The number of hydrogen-bond acceptors (Lipinski definition) is 2. The average Bonchev–Trinajstić information content (AvgIpc) is 2.27. The lowest BCUT2D eigenvalue weighted by atomic mass is 9.89. The van der Waals surface area contributed by atoms with Crippen LogP contribution in [0.3, 0.4) is 0 Å². The van der Waals surface area contributed by atoms with E-state index in [1.54, 1.807) is 0 Å². The molecule has 0 amide bonds. The van der Waals surface area contributed by atoms with Gasteiger partial charge in [0.2, 0.25) is 0 Å². The van der Waals surface area contributed by atoms with Crippen molar-refractivity contribution in [2.45, 2.75) is 40.0 Å². The van der Waals surface area contributed by atoms with Crippen LogP contribution < -0.4 is 11.1 Å². The zero-order valence-corrected chi connectivity index (χ0v) is 11.6. The number of nitrogens with one attached hydrogen (secondary N) is 1. The van der Waals surface area contributed by atoms with E-state index < -0.39 is 0 Å². The molecule has 1 rings (SSSR count). The molecule has 0 saturated heterocycles. The van der Waals surface area contributed by atoms with E-state index >= 15 is 0 Å². The summed E-state index contributed by atoms with van der Waals surface area (Å²) in [4.78, 5) is 0. The SMILES string of the molecule is CC(C)c1ccc(NCC(C)(C)CCN)cc1. The van der Waals surface area contributed by atoms with Crippen LogP contribution in [-0.2, 0) is 0 Å². The minimum atomic E-state index is 0.255. The Bertz CT molecular complexity index is 325. The van der Waals surface area contributed by atoms with Gasteiger partial charge in [-0.05, 0) is 42.0 Å². The third kappa shape index (κ3) is 4.78. The molecule has 0 aromatic heterocycles. The maximum atomic E-state index is 5.61. The average molecular weight is 234 g/mol. The first-order valence-corrected chi connectivity index (χ1v) is 6.48. The van der Waals surface area contributed by atoms with Crippen LogP contribution in [0.2, 0.25) is 0 Å². The van der Waals surface area contributed by atoms with Crippen LogP contribution in [0.5, 0.6) is 0 Å². The van der Waals surface area contributed by atoms with Gasteiger partial charge in [-0.15, -0.1) is 0 Å². The van der Waals surface area contributed by atoms with Gasteiger partial charge in [0.25, 0.3) is 0 Å². The van der Waals surface area contributed by atoms with Gasteiger partial charge in [0.05, 0.1) is 0 Å². The molecule has 96 valence electrons. The van der Waals surface area contributed by atoms with E-state index in [9.17, 15) is 0 Å². The van der Waals surface area contributed by atoms with Crippen LogP contribution in [-0.4, -0.2) is 13.1 Å². The summed E-state index contributed by atoms with van der Waals surface area (Å²) in [5.41, 5.74) is 8.44. The largest absolute Gasteiger partial charge is 0.385 e. The topological polar surface area (TPSA) is 38.0 Å². The van der Waals surface area contributed by atoms with Crippen molar-refractivity contribution in [3.05, 3.63) is 29.8 Å². The molecule has 0 bridgehead atoms. The summed E-state index contributed by atoms with van der Waals surface area (Å²) in [7, 11) is 0. The van der Waals surface area contributed by atoms with Crippen molar-refractivity contribution >= 4 is 5.69 Å². The fourth-order valence-corrected chi connectivity index (χ4v) is 1.81. The van der Waals surface area contributed by atoms with Crippen molar-refractivity contribution in [1.82, 2.24) is 0 Å². The summed E-state index contributed by atoms with van der Waals surface area (Å²) in [5, 5.41) is 3.48. The second-order valence-electron chi connectivity index (χ2n) is 5.83. The Balaban J connectivity index is 2.52. The molecule has 0 aliphatic rings. The highest BCUT2D eigenvalue weighted by Crippen LogP contribution is 2.21. The third-order valence-corrected chi connectivity index (χ3v) is 3.17. The van der Waals surface area contributed by atoms with Gasteiger partial charge in [-0.1, -0.05) is 39.8 Å². The van der Waals surface area contributed by atoms with Crippen molar-refractivity contribution in [3.63, 3.8) is 0 Å². The smallest absolute Gasteiger partial charge is 0.0340 e. The lowest BCUT2D eigenvalue weighted by molar-refractivity contribution is 0.365. The first-order valence-electron chi connectivity index (χ1n) is 6.48. The Morgan fingerprint density at radius 3 is 2.24 bits per heavy atom. The zero-order chi connectivity index (χ0) is 12.9. The molecule has 0 spiro atoms. The summed E-state index contributed by atoms with van der Waals surface area (Å²) >= 11 is 0. The fraction of sp³-hybridized carbons (Fsp3) is 0.600. The van der Waals surface area contributed by atoms with Gasteiger partial charge in [0, 0.05) is 12.2 Å². The van der Waals surface area contributed by atoms with Crippen molar-refractivity contribution < 1.29 is 0 Å². The summed E-state index contributed by atoms with van der Waals surface area (Å²) in [6.45, 7) is 10.6. The quantitative estimate of drug-likeness (QED) is 0.789.